The molecule has 180 valence electrons. The van der Waals surface area contributed by atoms with E-state index in [2.05, 4.69) is 0 Å². The molecule has 0 aliphatic carbocycles. The number of carbonyl (C=O) groups excluding carboxylic acids is 2. The fourth-order valence-electron chi connectivity index (χ4n) is 4.67. The number of nitrogens with zero attached hydrogens (tertiary/aromatic N) is 2. The molecular weight excluding hydrogens is 465 g/mol. The summed E-state index contributed by atoms with van der Waals surface area (Å²) in [6, 6.07) is 24.2. The maximum Gasteiger partial charge on any atom is 0.416 e. The Morgan fingerprint density at radius 2 is 1.33 bits per heavy atom. The summed E-state index contributed by atoms with van der Waals surface area (Å²) in [7, 11) is 0. The van der Waals surface area contributed by atoms with Crippen LogP contribution in [0.1, 0.15) is 40.1 Å². The van der Waals surface area contributed by atoms with Gasteiger partial charge in [-0.25, -0.2) is 4.90 Å². The fourth-order valence-corrected chi connectivity index (χ4v) is 4.67. The molecule has 0 bridgehead atoms. The van der Waals surface area contributed by atoms with Crippen LogP contribution in [-0.2, 0) is 6.18 Å². The highest BCUT2D eigenvalue weighted by atomic mass is 19.4. The first kappa shape index (κ1) is 23.4. The summed E-state index contributed by atoms with van der Waals surface area (Å²) in [5.74, 6) is -0.982. The Labute approximate surface area is 205 Å². The number of carbonyl (C=O) groups is 2. The summed E-state index contributed by atoms with van der Waals surface area (Å²) in [6.45, 7) is 4.00. The van der Waals surface area contributed by atoms with Crippen LogP contribution in [0.2, 0.25) is 0 Å². The largest absolute Gasteiger partial charge is 0.416 e. The van der Waals surface area contributed by atoms with E-state index in [1.54, 1.807) is 65.2 Å². The highest BCUT2D eigenvalue weighted by molar-refractivity contribution is 6.35. The molecule has 0 fully saturated rings. The lowest BCUT2D eigenvalue weighted by Crippen LogP contribution is -2.29. The second-order valence-electron chi connectivity index (χ2n) is 8.06. The minimum absolute atomic E-state index is 0.163. The first-order chi connectivity index (χ1) is 17.4. The normalized spacial score (nSPS) is 13.2. The lowest BCUT2D eigenvalue weighted by molar-refractivity contribution is -0.137. The van der Waals surface area contributed by atoms with Gasteiger partial charge in [0.25, 0.3) is 11.8 Å². The number of amides is 2. The number of hydrogen-bond acceptors (Lipinski definition) is 2. The van der Waals surface area contributed by atoms with Crippen molar-refractivity contribution in [1.82, 2.24) is 4.57 Å². The molecule has 1 aliphatic heterocycles. The van der Waals surface area contributed by atoms with Crippen molar-refractivity contribution in [2.24, 2.45) is 0 Å². The molecule has 0 saturated heterocycles. The van der Waals surface area contributed by atoms with Crippen molar-refractivity contribution in [3.8, 4) is 5.69 Å². The molecule has 1 aliphatic rings. The third-order valence-electron chi connectivity index (χ3n) is 6.15. The number of imide groups is 1. The number of aromatic nitrogens is 1. The van der Waals surface area contributed by atoms with Crippen LogP contribution >= 0.6 is 0 Å². The summed E-state index contributed by atoms with van der Waals surface area (Å²) >= 11 is 0. The van der Waals surface area contributed by atoms with E-state index in [0.717, 1.165) is 22.4 Å². The number of halogens is 3. The Morgan fingerprint density at radius 1 is 0.667 bits per heavy atom. The maximum atomic E-state index is 13.6. The Morgan fingerprint density at radius 3 is 2.06 bits per heavy atom. The second kappa shape index (κ2) is 8.68. The van der Waals surface area contributed by atoms with E-state index in [1.807, 2.05) is 26.0 Å². The fraction of sp³-hybridized carbons (Fsp3) is 0.103. The quantitative estimate of drug-likeness (QED) is 0.241. The third-order valence-corrected chi connectivity index (χ3v) is 6.15. The molecule has 36 heavy (non-hydrogen) atoms. The van der Waals surface area contributed by atoms with Crippen molar-refractivity contribution >= 4 is 39.3 Å². The second-order valence-corrected chi connectivity index (χ2v) is 8.06. The van der Waals surface area contributed by atoms with Crippen LogP contribution < -0.4 is 4.90 Å². The van der Waals surface area contributed by atoms with Crippen molar-refractivity contribution < 1.29 is 22.8 Å². The van der Waals surface area contributed by atoms with Gasteiger partial charge in [0.1, 0.15) is 0 Å². The van der Waals surface area contributed by atoms with E-state index in [4.69, 9.17) is 0 Å². The molecule has 4 nitrogen and oxygen atoms in total. The zero-order valence-electron chi connectivity index (χ0n) is 19.5. The number of fused-ring (bicyclic) bond motifs is 4. The standard InChI is InChI=1S/C27H15F3N2O2.C2H6/c28-27(29,30)16-13-14-19-18-9-4-5-11-21(18)32(23(19)15-16)22-12-6-10-20-24(22)26(34)31(25(20)33)17-7-2-1-3-8-17;1-2/h1-15H;1-2H3. The van der Waals surface area contributed by atoms with Gasteiger partial charge >= 0.3 is 6.18 Å². The van der Waals surface area contributed by atoms with Gasteiger partial charge in [-0.3, -0.25) is 9.59 Å². The molecule has 0 unspecified atom stereocenters. The van der Waals surface area contributed by atoms with E-state index in [0.29, 0.717) is 27.8 Å². The topological polar surface area (TPSA) is 42.3 Å². The van der Waals surface area contributed by atoms with Crippen LogP contribution in [0, 0.1) is 0 Å². The van der Waals surface area contributed by atoms with Gasteiger partial charge in [-0.2, -0.15) is 13.2 Å². The Balaban J connectivity index is 0.00000130. The number of benzene rings is 4. The summed E-state index contributed by atoms with van der Waals surface area (Å²) in [5.41, 5.74) is 1.33. The lowest BCUT2D eigenvalue weighted by atomic mass is 10.1. The highest BCUT2D eigenvalue weighted by Crippen LogP contribution is 2.39. The number of para-hydroxylation sites is 2. The molecular formula is C29H21F3N2O2. The lowest BCUT2D eigenvalue weighted by Gasteiger charge is -2.15. The molecule has 1 aromatic heterocycles. The average Bonchev–Trinajstić information content (AvgIpc) is 3.36. The number of rotatable bonds is 2. The molecule has 0 N–H and O–H groups in total. The first-order valence-electron chi connectivity index (χ1n) is 11.5. The van der Waals surface area contributed by atoms with E-state index in [-0.39, 0.29) is 11.1 Å². The van der Waals surface area contributed by atoms with Gasteiger partial charge in [0.05, 0.1) is 39.1 Å². The Hall–Kier alpha value is -4.39. The minimum atomic E-state index is -4.52. The number of anilines is 1. The van der Waals surface area contributed by atoms with Gasteiger partial charge in [-0.15, -0.1) is 0 Å². The van der Waals surface area contributed by atoms with E-state index in [9.17, 15) is 22.8 Å². The van der Waals surface area contributed by atoms with Gasteiger partial charge in [-0.1, -0.05) is 62.4 Å². The monoisotopic (exact) mass is 486 g/mol. The maximum absolute atomic E-state index is 13.6. The summed E-state index contributed by atoms with van der Waals surface area (Å²) < 4.78 is 42.3. The van der Waals surface area contributed by atoms with E-state index >= 15 is 0 Å². The van der Waals surface area contributed by atoms with Crippen molar-refractivity contribution in [3.05, 3.63) is 108 Å². The molecule has 0 spiro atoms. The zero-order chi connectivity index (χ0) is 25.6. The van der Waals surface area contributed by atoms with Gasteiger partial charge < -0.3 is 4.57 Å². The van der Waals surface area contributed by atoms with E-state index in [1.165, 1.54) is 6.07 Å². The number of alkyl halides is 3. The SMILES string of the molecule is CC.O=C1c2cccc(-n3c4ccccc4c4ccc(C(F)(F)F)cc43)c2C(=O)N1c1ccccc1. The predicted octanol–water partition coefficient (Wildman–Crippen LogP) is 7.63. The number of hydrogen-bond donors (Lipinski definition) is 0. The van der Waals surface area contributed by atoms with Crippen LogP contribution in [-0.4, -0.2) is 16.4 Å². The average molecular weight is 486 g/mol. The smallest absolute Gasteiger partial charge is 0.308 e. The molecule has 5 aromatic rings. The van der Waals surface area contributed by atoms with Crippen molar-refractivity contribution in [1.29, 1.82) is 0 Å². The summed E-state index contributed by atoms with van der Waals surface area (Å²) in [5, 5.41) is 1.37. The van der Waals surface area contributed by atoms with Crippen LogP contribution in [0.3, 0.4) is 0 Å². The minimum Gasteiger partial charge on any atom is -0.308 e. The van der Waals surface area contributed by atoms with Crippen molar-refractivity contribution in [2.45, 2.75) is 20.0 Å². The first-order valence-corrected chi connectivity index (χ1v) is 11.5. The van der Waals surface area contributed by atoms with Crippen LogP contribution in [0.4, 0.5) is 18.9 Å². The molecule has 4 aromatic carbocycles. The van der Waals surface area contributed by atoms with Gasteiger partial charge in [0, 0.05) is 10.8 Å². The van der Waals surface area contributed by atoms with Gasteiger partial charge in [-0.05, 0) is 42.5 Å². The molecule has 2 amide bonds. The van der Waals surface area contributed by atoms with Crippen LogP contribution in [0.5, 0.6) is 0 Å². The molecule has 6 rings (SSSR count). The van der Waals surface area contributed by atoms with Gasteiger partial charge in [0.2, 0.25) is 0 Å². The summed E-state index contributed by atoms with van der Waals surface area (Å²) in [6.07, 6.45) is -4.52. The molecule has 0 saturated carbocycles. The summed E-state index contributed by atoms with van der Waals surface area (Å²) in [4.78, 5) is 27.8. The zero-order valence-corrected chi connectivity index (χ0v) is 19.5. The Kier molecular flexibility index (Phi) is 5.63. The van der Waals surface area contributed by atoms with Crippen LogP contribution in [0.25, 0.3) is 27.5 Å². The molecule has 0 atom stereocenters. The molecule has 2 heterocycles. The third kappa shape index (κ3) is 3.47. The Bertz CT molecular complexity index is 1640. The van der Waals surface area contributed by atoms with Gasteiger partial charge in [0.15, 0.2) is 0 Å². The molecule has 7 heteroatoms. The predicted molar refractivity (Wildman–Crippen MR) is 135 cm³/mol. The van der Waals surface area contributed by atoms with Crippen molar-refractivity contribution in [2.75, 3.05) is 4.90 Å². The highest BCUT2D eigenvalue weighted by Gasteiger charge is 2.39. The van der Waals surface area contributed by atoms with E-state index < -0.39 is 23.6 Å². The van der Waals surface area contributed by atoms with Crippen molar-refractivity contribution in [3.63, 3.8) is 0 Å². The molecule has 0 radical (unpaired) electrons. The van der Waals surface area contributed by atoms with Crippen LogP contribution in [0.15, 0.2) is 91.0 Å².